The van der Waals surface area contributed by atoms with E-state index in [4.69, 9.17) is 5.73 Å². The van der Waals surface area contributed by atoms with E-state index in [2.05, 4.69) is 0 Å². The molecule has 0 radical (unpaired) electrons. The number of nitrogens with two attached hydrogens (primary N) is 1. The van der Waals surface area contributed by atoms with Crippen LogP contribution in [0.15, 0.2) is 65.1 Å². The highest BCUT2D eigenvalue weighted by Gasteiger charge is 2.64. The molecule has 3 aliphatic carbocycles. The molecule has 0 saturated carbocycles. The van der Waals surface area contributed by atoms with Gasteiger partial charge in [0, 0.05) is 33.4 Å². The molecule has 1 amide bonds. The van der Waals surface area contributed by atoms with Gasteiger partial charge in [-0.1, -0.05) is 25.1 Å². The van der Waals surface area contributed by atoms with Gasteiger partial charge in [0.2, 0.25) is 5.78 Å². The number of carbonyl (C=O) groups is 3. The zero-order valence-corrected chi connectivity index (χ0v) is 20.8. The van der Waals surface area contributed by atoms with E-state index in [1.54, 1.807) is 13.0 Å². The van der Waals surface area contributed by atoms with Crippen LogP contribution in [0.3, 0.4) is 0 Å². The number of thiophene rings is 1. The predicted molar refractivity (Wildman–Crippen MR) is 138 cm³/mol. The quantitative estimate of drug-likeness (QED) is 0.272. The van der Waals surface area contributed by atoms with Gasteiger partial charge in [-0.25, -0.2) is 0 Å². The molecule has 5 atom stereocenters. The Hall–Kier alpha value is -3.99. The van der Waals surface area contributed by atoms with Gasteiger partial charge in [-0.3, -0.25) is 14.4 Å². The Balaban J connectivity index is 1.59. The van der Waals surface area contributed by atoms with E-state index >= 15 is 0 Å². The maximum absolute atomic E-state index is 13.9. The number of amides is 1. The molecule has 9 nitrogen and oxygen atoms in total. The van der Waals surface area contributed by atoms with Gasteiger partial charge in [0.1, 0.15) is 22.8 Å². The van der Waals surface area contributed by atoms with Gasteiger partial charge in [0.05, 0.1) is 11.7 Å². The SMILES string of the molecule is C[C@H]1c2c(-c3cc4ccccc4s3)ccc(O)c2C(=O)C2=C(O)[C@]3(O)C(=O)C(C(N)=O)=C(O)C[C@@H]3[C@@H](O)[C@@H]21. The van der Waals surface area contributed by atoms with Gasteiger partial charge in [0.15, 0.2) is 11.4 Å². The second-order valence-electron chi connectivity index (χ2n) is 10.1. The molecule has 1 heterocycles. The molecule has 194 valence electrons. The normalized spacial score (nSPS) is 28.8. The number of Topliss-reactive ketones (excluding diaryl/α,β-unsaturated/α-hetero) is 2. The number of phenols is 1. The molecule has 38 heavy (non-hydrogen) atoms. The molecule has 0 unspecified atom stereocenters. The predicted octanol–water partition coefficient (Wildman–Crippen LogP) is 2.99. The van der Waals surface area contributed by atoms with Crippen molar-refractivity contribution in [1.29, 1.82) is 0 Å². The largest absolute Gasteiger partial charge is 0.511 e. The fourth-order valence-electron chi connectivity index (χ4n) is 6.41. The first-order valence-electron chi connectivity index (χ1n) is 12.0. The Kier molecular flexibility index (Phi) is 5.13. The molecule has 7 N–H and O–H groups in total. The Morgan fingerprint density at radius 1 is 1.11 bits per heavy atom. The number of hydrogen-bond donors (Lipinski definition) is 6. The van der Waals surface area contributed by atoms with Gasteiger partial charge in [-0.15, -0.1) is 11.3 Å². The van der Waals surface area contributed by atoms with Gasteiger partial charge >= 0.3 is 0 Å². The van der Waals surface area contributed by atoms with Crippen LogP contribution >= 0.6 is 11.3 Å². The van der Waals surface area contributed by atoms with Crippen LogP contribution in [0, 0.1) is 11.8 Å². The van der Waals surface area contributed by atoms with Crippen LogP contribution in [-0.4, -0.2) is 54.7 Å². The van der Waals surface area contributed by atoms with Crippen molar-refractivity contribution >= 4 is 38.9 Å². The fraction of sp³-hybridized carbons (Fsp3) is 0.250. The van der Waals surface area contributed by atoms with E-state index in [1.807, 2.05) is 30.3 Å². The number of phenolic OH excluding ortho intramolecular Hbond substituents is 1. The summed E-state index contributed by atoms with van der Waals surface area (Å²) < 4.78 is 1.02. The van der Waals surface area contributed by atoms with Crippen LogP contribution < -0.4 is 5.73 Å². The smallest absolute Gasteiger partial charge is 0.255 e. The topological polar surface area (TPSA) is 178 Å². The van der Waals surface area contributed by atoms with Crippen molar-refractivity contribution < 1.29 is 39.9 Å². The molecule has 0 spiro atoms. The lowest BCUT2D eigenvalue weighted by Crippen LogP contribution is -2.62. The van der Waals surface area contributed by atoms with E-state index in [9.17, 15) is 39.9 Å². The van der Waals surface area contributed by atoms with Crippen molar-refractivity contribution in [3.63, 3.8) is 0 Å². The highest BCUT2D eigenvalue weighted by molar-refractivity contribution is 7.22. The molecule has 10 heteroatoms. The number of aromatic hydroxyl groups is 1. The number of rotatable bonds is 2. The molecule has 3 aromatic rings. The number of primary amides is 1. The van der Waals surface area contributed by atoms with Gasteiger partial charge in [-0.05, 0) is 46.7 Å². The minimum absolute atomic E-state index is 0.101. The van der Waals surface area contributed by atoms with E-state index in [0.29, 0.717) is 11.1 Å². The van der Waals surface area contributed by atoms with Crippen LogP contribution in [0.1, 0.15) is 35.2 Å². The lowest BCUT2D eigenvalue weighted by molar-refractivity contribution is -0.154. The molecule has 2 aromatic carbocycles. The number of allylic oxidation sites excluding steroid dienone is 1. The summed E-state index contributed by atoms with van der Waals surface area (Å²) in [5.41, 5.74) is 2.09. The first-order chi connectivity index (χ1) is 18.0. The van der Waals surface area contributed by atoms with E-state index in [0.717, 1.165) is 15.0 Å². The van der Waals surface area contributed by atoms with E-state index in [-0.39, 0.29) is 11.3 Å². The zero-order valence-electron chi connectivity index (χ0n) is 20.0. The highest BCUT2D eigenvalue weighted by Crippen LogP contribution is 2.56. The summed E-state index contributed by atoms with van der Waals surface area (Å²) in [5, 5.41) is 56.3. The summed E-state index contributed by atoms with van der Waals surface area (Å²) in [7, 11) is 0. The van der Waals surface area contributed by atoms with Crippen LogP contribution in [0.4, 0.5) is 0 Å². The van der Waals surface area contributed by atoms with E-state index < -0.39 is 76.0 Å². The lowest BCUT2D eigenvalue weighted by atomic mass is 9.56. The molecule has 0 bridgehead atoms. The number of hydrogen-bond acceptors (Lipinski definition) is 9. The first-order valence-corrected chi connectivity index (χ1v) is 12.8. The minimum Gasteiger partial charge on any atom is -0.511 e. The molecular weight excluding hydrogens is 510 g/mol. The number of ketones is 2. The fourth-order valence-corrected chi connectivity index (χ4v) is 7.51. The second kappa shape index (κ2) is 8.00. The zero-order chi connectivity index (χ0) is 27.3. The van der Waals surface area contributed by atoms with Crippen molar-refractivity contribution in [3.8, 4) is 16.2 Å². The summed E-state index contributed by atoms with van der Waals surface area (Å²) in [4.78, 5) is 39.7. The molecule has 0 saturated heterocycles. The molecule has 3 aliphatic rings. The molecule has 0 fully saturated rings. The first kappa shape index (κ1) is 24.4. The lowest BCUT2D eigenvalue weighted by Gasteiger charge is -2.50. The van der Waals surface area contributed by atoms with Crippen molar-refractivity contribution in [1.82, 2.24) is 0 Å². The summed E-state index contributed by atoms with van der Waals surface area (Å²) in [6.45, 7) is 1.72. The number of fused-ring (bicyclic) bond motifs is 4. The molecule has 6 rings (SSSR count). The third-order valence-electron chi connectivity index (χ3n) is 8.17. The van der Waals surface area contributed by atoms with Gasteiger partial charge in [0.25, 0.3) is 5.91 Å². The number of aliphatic hydroxyl groups is 4. The maximum Gasteiger partial charge on any atom is 0.255 e. The average molecular weight is 534 g/mol. The molecule has 0 aliphatic heterocycles. The molecular formula is C28H23NO8S. The Labute approximate surface area is 219 Å². The van der Waals surface area contributed by atoms with Crippen molar-refractivity contribution in [2.45, 2.75) is 31.0 Å². The maximum atomic E-state index is 13.9. The third-order valence-corrected chi connectivity index (χ3v) is 9.32. The second-order valence-corrected chi connectivity index (χ2v) is 11.1. The number of aliphatic hydroxyl groups excluding tert-OH is 3. The summed E-state index contributed by atoms with van der Waals surface area (Å²) in [6.07, 6.45) is -2.09. The summed E-state index contributed by atoms with van der Waals surface area (Å²) in [6, 6.07) is 12.8. The van der Waals surface area contributed by atoms with Crippen molar-refractivity contribution in [2.24, 2.45) is 17.6 Å². The Bertz CT molecular complexity index is 1630. The van der Waals surface area contributed by atoms with E-state index in [1.165, 1.54) is 17.4 Å². The Morgan fingerprint density at radius 3 is 2.50 bits per heavy atom. The van der Waals surface area contributed by atoms with Crippen molar-refractivity contribution in [2.75, 3.05) is 0 Å². The summed E-state index contributed by atoms with van der Waals surface area (Å²) in [5.74, 6) is -8.81. The standard InChI is InChI=1S/C28H23NO8S/c1-10-18-12(17-8-11-4-2-3-5-16(11)38-17)6-7-14(30)20(18)24(33)22-19(10)23(32)13-9-15(31)21(27(29)36)25(34)28(13,37)26(22)35/h2-8,10,13,19,23,30-32,35,37H,9H2,1H3,(H2,29,36)/t10-,13+,19+,23+,28+/m0/s1. The van der Waals surface area contributed by atoms with Crippen LogP contribution in [0.5, 0.6) is 5.75 Å². The van der Waals surface area contributed by atoms with Crippen LogP contribution in [0.2, 0.25) is 0 Å². The highest BCUT2D eigenvalue weighted by atomic mass is 32.1. The van der Waals surface area contributed by atoms with Gasteiger partial charge in [-0.2, -0.15) is 0 Å². The molecule has 1 aromatic heterocycles. The third kappa shape index (κ3) is 2.96. The minimum atomic E-state index is -2.85. The van der Waals surface area contributed by atoms with Crippen LogP contribution in [-0.2, 0) is 9.59 Å². The van der Waals surface area contributed by atoms with Gasteiger partial charge < -0.3 is 31.3 Å². The number of carbonyl (C=O) groups excluding carboxylic acids is 3. The Morgan fingerprint density at radius 2 is 1.82 bits per heavy atom. The summed E-state index contributed by atoms with van der Waals surface area (Å²) >= 11 is 1.50. The van der Waals surface area contributed by atoms with Crippen molar-refractivity contribution in [3.05, 3.63) is 76.3 Å². The number of benzene rings is 2. The monoisotopic (exact) mass is 533 g/mol. The van der Waals surface area contributed by atoms with Crippen LogP contribution in [0.25, 0.3) is 20.5 Å². The average Bonchev–Trinajstić information content (AvgIpc) is 3.30.